The molecule has 1 aliphatic heterocycles. The maximum absolute atomic E-state index is 13.7. The fraction of sp³-hybridized carbons (Fsp3) is 0.286. The first-order chi connectivity index (χ1) is 17.5. The Morgan fingerprint density at radius 1 is 0.806 bits per heavy atom. The van der Waals surface area contributed by atoms with Crippen molar-refractivity contribution in [3.05, 3.63) is 72.3 Å². The largest absolute Gasteiger partial charge is 0.497 e. The van der Waals surface area contributed by atoms with Crippen LogP contribution in [0.25, 0.3) is 0 Å². The van der Waals surface area contributed by atoms with Crippen molar-refractivity contribution in [2.45, 2.75) is 18.9 Å². The first-order valence-electron chi connectivity index (χ1n) is 11.6. The Morgan fingerprint density at radius 3 is 1.97 bits per heavy atom. The lowest BCUT2D eigenvalue weighted by Crippen LogP contribution is -2.47. The van der Waals surface area contributed by atoms with Crippen LogP contribution in [0.3, 0.4) is 0 Å². The predicted molar refractivity (Wildman–Crippen MR) is 137 cm³/mol. The van der Waals surface area contributed by atoms with Gasteiger partial charge in [0.05, 0.1) is 46.1 Å². The van der Waals surface area contributed by atoms with Gasteiger partial charge in [-0.2, -0.15) is 0 Å². The molecule has 1 saturated heterocycles. The summed E-state index contributed by atoms with van der Waals surface area (Å²) in [6.07, 6.45) is 0.645. The molecule has 0 aliphatic carbocycles. The molecular weight excluding hydrogens is 460 g/mol. The number of carbonyl (C=O) groups excluding carboxylic acids is 2. The van der Waals surface area contributed by atoms with Crippen LogP contribution in [0.15, 0.2) is 66.7 Å². The van der Waals surface area contributed by atoms with Crippen LogP contribution in [0.2, 0.25) is 0 Å². The van der Waals surface area contributed by atoms with Crippen LogP contribution in [0.5, 0.6) is 23.0 Å². The van der Waals surface area contributed by atoms with Crippen LogP contribution >= 0.6 is 0 Å². The van der Waals surface area contributed by atoms with Gasteiger partial charge in [0.25, 0.3) is 0 Å². The highest BCUT2D eigenvalue weighted by Crippen LogP contribution is 2.42. The van der Waals surface area contributed by atoms with Crippen LogP contribution in [-0.2, 0) is 9.59 Å². The van der Waals surface area contributed by atoms with E-state index >= 15 is 0 Å². The molecule has 2 atom stereocenters. The molecule has 0 bridgehead atoms. The fourth-order valence-electron chi connectivity index (χ4n) is 4.53. The number of piperidine rings is 1. The number of hydrogen-bond donors (Lipinski definition) is 1. The molecule has 4 rings (SSSR count). The zero-order chi connectivity index (χ0) is 25.7. The minimum Gasteiger partial charge on any atom is -0.497 e. The van der Waals surface area contributed by atoms with Gasteiger partial charge in [-0.05, 0) is 60.5 Å². The lowest BCUT2D eigenvalue weighted by molar-refractivity contribution is -0.125. The highest BCUT2D eigenvalue weighted by atomic mass is 16.5. The summed E-state index contributed by atoms with van der Waals surface area (Å²) in [5.74, 6) is 1.70. The average Bonchev–Trinajstić information content (AvgIpc) is 2.92. The Morgan fingerprint density at radius 2 is 1.39 bits per heavy atom. The second kappa shape index (κ2) is 11.0. The number of amides is 2. The number of rotatable bonds is 8. The van der Waals surface area contributed by atoms with E-state index in [2.05, 4.69) is 5.32 Å². The third kappa shape index (κ3) is 5.07. The summed E-state index contributed by atoms with van der Waals surface area (Å²) in [4.78, 5) is 28.7. The standard InChI is InChI=1S/C28H30N2O6/c1-33-20-9-5-18(6-10-20)27-23(28(32)29-24-17-22(35-3)13-15-25(24)36-4)14-16-26(31)30(27)19-7-11-21(34-2)12-8-19/h5-13,15,17,23,27H,14,16H2,1-4H3,(H,29,32)/t23-,27-/m1/s1. The SMILES string of the molecule is COc1ccc([C@@H]2[C@H](C(=O)Nc3cc(OC)ccc3OC)CCC(=O)N2c2ccc(OC)cc2)cc1. The summed E-state index contributed by atoms with van der Waals surface area (Å²) in [6.45, 7) is 0. The molecule has 0 unspecified atom stereocenters. The zero-order valence-electron chi connectivity index (χ0n) is 20.8. The topological polar surface area (TPSA) is 86.3 Å². The van der Waals surface area contributed by atoms with Gasteiger partial charge in [0.1, 0.15) is 23.0 Å². The number of ether oxygens (including phenoxy) is 4. The monoisotopic (exact) mass is 490 g/mol. The summed E-state index contributed by atoms with van der Waals surface area (Å²) in [7, 11) is 6.30. The van der Waals surface area contributed by atoms with Crippen LogP contribution < -0.4 is 29.2 Å². The molecule has 0 radical (unpaired) electrons. The number of methoxy groups -OCH3 is 4. The van der Waals surface area contributed by atoms with Crippen LogP contribution in [0.1, 0.15) is 24.4 Å². The van der Waals surface area contributed by atoms with Crippen molar-refractivity contribution in [2.75, 3.05) is 38.7 Å². The Kier molecular flexibility index (Phi) is 7.63. The van der Waals surface area contributed by atoms with E-state index in [1.54, 1.807) is 63.7 Å². The van der Waals surface area contributed by atoms with Crippen molar-refractivity contribution in [3.8, 4) is 23.0 Å². The smallest absolute Gasteiger partial charge is 0.230 e. The van der Waals surface area contributed by atoms with E-state index < -0.39 is 12.0 Å². The second-order valence-corrected chi connectivity index (χ2v) is 8.38. The van der Waals surface area contributed by atoms with Gasteiger partial charge >= 0.3 is 0 Å². The molecule has 3 aromatic carbocycles. The molecule has 0 aromatic heterocycles. The van der Waals surface area contributed by atoms with E-state index in [0.717, 1.165) is 5.56 Å². The molecule has 8 heteroatoms. The molecular formula is C28H30N2O6. The number of anilines is 2. The summed E-state index contributed by atoms with van der Waals surface area (Å²) in [6, 6.07) is 19.4. The van der Waals surface area contributed by atoms with Crippen molar-refractivity contribution in [1.82, 2.24) is 0 Å². The van der Waals surface area contributed by atoms with Crippen molar-refractivity contribution < 1.29 is 28.5 Å². The van der Waals surface area contributed by atoms with E-state index in [9.17, 15) is 9.59 Å². The minimum absolute atomic E-state index is 0.0519. The number of hydrogen-bond acceptors (Lipinski definition) is 6. The van der Waals surface area contributed by atoms with Crippen molar-refractivity contribution in [2.24, 2.45) is 5.92 Å². The molecule has 1 N–H and O–H groups in total. The first-order valence-corrected chi connectivity index (χ1v) is 11.6. The molecule has 2 amide bonds. The highest BCUT2D eigenvalue weighted by molar-refractivity contribution is 6.00. The van der Waals surface area contributed by atoms with Crippen molar-refractivity contribution in [3.63, 3.8) is 0 Å². The van der Waals surface area contributed by atoms with Gasteiger partial charge < -0.3 is 29.2 Å². The Balaban J connectivity index is 1.74. The van der Waals surface area contributed by atoms with Gasteiger partial charge in [0, 0.05) is 18.2 Å². The number of nitrogens with zero attached hydrogens (tertiary/aromatic N) is 1. The van der Waals surface area contributed by atoms with Crippen LogP contribution in [-0.4, -0.2) is 40.3 Å². The average molecular weight is 491 g/mol. The maximum Gasteiger partial charge on any atom is 0.230 e. The maximum atomic E-state index is 13.7. The molecule has 8 nitrogen and oxygen atoms in total. The minimum atomic E-state index is -0.526. The van der Waals surface area contributed by atoms with Gasteiger partial charge in [0.2, 0.25) is 11.8 Å². The van der Waals surface area contributed by atoms with Crippen LogP contribution in [0.4, 0.5) is 11.4 Å². The zero-order valence-corrected chi connectivity index (χ0v) is 20.8. The second-order valence-electron chi connectivity index (χ2n) is 8.38. The molecule has 0 spiro atoms. The summed E-state index contributed by atoms with van der Waals surface area (Å²) >= 11 is 0. The third-order valence-corrected chi connectivity index (χ3v) is 6.41. The number of nitrogens with one attached hydrogen (secondary N) is 1. The molecule has 1 fully saturated rings. The van der Waals surface area contributed by atoms with E-state index in [4.69, 9.17) is 18.9 Å². The Bertz CT molecular complexity index is 1210. The van der Waals surface area contributed by atoms with Crippen molar-refractivity contribution in [1.29, 1.82) is 0 Å². The van der Waals surface area contributed by atoms with Crippen LogP contribution in [0, 0.1) is 5.92 Å². The van der Waals surface area contributed by atoms with Gasteiger partial charge in [-0.25, -0.2) is 0 Å². The summed E-state index contributed by atoms with van der Waals surface area (Å²) < 4.78 is 21.4. The predicted octanol–water partition coefficient (Wildman–Crippen LogP) is 4.84. The van der Waals surface area contributed by atoms with E-state index in [-0.39, 0.29) is 18.2 Å². The lowest BCUT2D eigenvalue weighted by Gasteiger charge is -2.41. The first kappa shape index (κ1) is 24.9. The summed E-state index contributed by atoms with van der Waals surface area (Å²) in [5.41, 5.74) is 2.03. The Labute approximate surface area is 210 Å². The van der Waals surface area contributed by atoms with E-state index in [1.807, 2.05) is 36.4 Å². The number of carbonyl (C=O) groups is 2. The van der Waals surface area contributed by atoms with Gasteiger partial charge in [-0.3, -0.25) is 9.59 Å². The lowest BCUT2D eigenvalue weighted by atomic mass is 9.83. The van der Waals surface area contributed by atoms with Gasteiger partial charge in [-0.15, -0.1) is 0 Å². The molecule has 0 saturated carbocycles. The van der Waals surface area contributed by atoms with E-state index in [0.29, 0.717) is 40.8 Å². The van der Waals surface area contributed by atoms with E-state index in [1.165, 1.54) is 0 Å². The quantitative estimate of drug-likeness (QED) is 0.486. The van der Waals surface area contributed by atoms with Gasteiger partial charge in [-0.1, -0.05) is 12.1 Å². The third-order valence-electron chi connectivity index (χ3n) is 6.41. The molecule has 1 heterocycles. The molecule has 188 valence electrons. The summed E-state index contributed by atoms with van der Waals surface area (Å²) in [5, 5.41) is 3.01. The normalized spacial score (nSPS) is 17.3. The highest BCUT2D eigenvalue weighted by Gasteiger charge is 2.41. The number of benzene rings is 3. The van der Waals surface area contributed by atoms with Gasteiger partial charge in [0.15, 0.2) is 0 Å². The molecule has 36 heavy (non-hydrogen) atoms. The fourth-order valence-corrected chi connectivity index (χ4v) is 4.53. The molecule has 3 aromatic rings. The van der Waals surface area contributed by atoms with Crippen molar-refractivity contribution >= 4 is 23.2 Å². The molecule has 1 aliphatic rings. The Hall–Kier alpha value is -4.20.